The van der Waals surface area contributed by atoms with Gasteiger partial charge in [0.2, 0.25) is 0 Å². The van der Waals surface area contributed by atoms with Gasteiger partial charge in [-0.25, -0.2) is 9.78 Å². The van der Waals surface area contributed by atoms with Crippen molar-refractivity contribution in [3.05, 3.63) is 24.0 Å². The molecule has 1 aliphatic rings. The smallest absolute Gasteiger partial charge is 0.354 e. The summed E-state index contributed by atoms with van der Waals surface area (Å²) in [6.45, 7) is 1.69. The molecule has 0 radical (unpaired) electrons. The van der Waals surface area contributed by atoms with E-state index in [4.69, 9.17) is 9.84 Å². The van der Waals surface area contributed by atoms with Gasteiger partial charge in [-0.2, -0.15) is 0 Å². The number of carboxylic acid groups (broad SMARTS) is 1. The molecule has 0 aliphatic carbocycles. The number of hydrogen-bond donors (Lipinski definition) is 2. The van der Waals surface area contributed by atoms with Crippen LogP contribution < -0.4 is 5.32 Å². The van der Waals surface area contributed by atoms with Gasteiger partial charge < -0.3 is 15.2 Å². The van der Waals surface area contributed by atoms with E-state index in [1.54, 1.807) is 12.3 Å². The molecule has 17 heavy (non-hydrogen) atoms. The van der Waals surface area contributed by atoms with Crippen LogP contribution in [0.4, 0.5) is 5.69 Å². The molecule has 0 aromatic carbocycles. The van der Waals surface area contributed by atoms with Crippen molar-refractivity contribution in [2.75, 3.05) is 18.5 Å². The van der Waals surface area contributed by atoms with E-state index in [1.807, 2.05) is 0 Å². The quantitative estimate of drug-likeness (QED) is 0.815. The van der Waals surface area contributed by atoms with Crippen LogP contribution in [0.5, 0.6) is 0 Å². The number of pyridine rings is 1. The standard InChI is InChI=1S/C12H16N2O3/c15-12(16)11-4-3-9(8-14-11)13-6-5-10-2-1-7-17-10/h3-4,8,10,13H,1-2,5-7H2,(H,15,16). The minimum absolute atomic E-state index is 0.0645. The molecule has 2 rings (SSSR count). The fourth-order valence-electron chi connectivity index (χ4n) is 1.87. The molecule has 1 saturated heterocycles. The van der Waals surface area contributed by atoms with Gasteiger partial charge in [-0.05, 0) is 31.4 Å². The summed E-state index contributed by atoms with van der Waals surface area (Å²) >= 11 is 0. The van der Waals surface area contributed by atoms with E-state index in [2.05, 4.69) is 10.3 Å². The first kappa shape index (κ1) is 11.9. The number of carboxylic acids is 1. The Labute approximate surface area is 99.8 Å². The first-order chi connectivity index (χ1) is 8.25. The van der Waals surface area contributed by atoms with Crippen molar-refractivity contribution in [2.24, 2.45) is 0 Å². The normalized spacial score (nSPS) is 19.2. The summed E-state index contributed by atoms with van der Waals surface area (Å²) in [5, 5.41) is 11.9. The summed E-state index contributed by atoms with van der Waals surface area (Å²) in [5.74, 6) is -1.00. The van der Waals surface area contributed by atoms with Crippen molar-refractivity contribution in [3.8, 4) is 0 Å². The van der Waals surface area contributed by atoms with Crippen molar-refractivity contribution < 1.29 is 14.6 Å². The number of aromatic carboxylic acids is 1. The molecular weight excluding hydrogens is 220 g/mol. The van der Waals surface area contributed by atoms with Crippen molar-refractivity contribution in [3.63, 3.8) is 0 Å². The van der Waals surface area contributed by atoms with Crippen LogP contribution in [0.25, 0.3) is 0 Å². The van der Waals surface area contributed by atoms with Crippen LogP contribution in [0.3, 0.4) is 0 Å². The number of carbonyl (C=O) groups is 1. The predicted molar refractivity (Wildman–Crippen MR) is 63.3 cm³/mol. The molecule has 1 aromatic heterocycles. The Morgan fingerprint density at radius 2 is 2.47 bits per heavy atom. The fourth-order valence-corrected chi connectivity index (χ4v) is 1.87. The van der Waals surface area contributed by atoms with Crippen LogP contribution >= 0.6 is 0 Å². The SMILES string of the molecule is O=C(O)c1ccc(NCCC2CCCO2)cn1. The highest BCUT2D eigenvalue weighted by Crippen LogP contribution is 2.15. The molecule has 0 spiro atoms. The number of anilines is 1. The minimum atomic E-state index is -1.00. The number of ether oxygens (including phenoxy) is 1. The minimum Gasteiger partial charge on any atom is -0.477 e. The molecule has 1 aromatic rings. The maximum absolute atomic E-state index is 10.6. The largest absolute Gasteiger partial charge is 0.477 e. The third kappa shape index (κ3) is 3.42. The van der Waals surface area contributed by atoms with Crippen LogP contribution in [-0.2, 0) is 4.74 Å². The molecule has 0 bridgehead atoms. The van der Waals surface area contributed by atoms with E-state index in [9.17, 15) is 4.79 Å². The highest BCUT2D eigenvalue weighted by Gasteiger charge is 2.14. The number of hydrogen-bond acceptors (Lipinski definition) is 4. The second-order valence-electron chi connectivity index (χ2n) is 4.09. The zero-order chi connectivity index (χ0) is 12.1. The molecule has 5 nitrogen and oxygen atoms in total. The average molecular weight is 236 g/mol. The first-order valence-corrected chi connectivity index (χ1v) is 5.80. The molecule has 1 aliphatic heterocycles. The van der Waals surface area contributed by atoms with E-state index in [0.717, 1.165) is 38.1 Å². The lowest BCUT2D eigenvalue weighted by Gasteiger charge is -2.10. The fraction of sp³-hybridized carbons (Fsp3) is 0.500. The van der Waals surface area contributed by atoms with Crippen LogP contribution in [0.1, 0.15) is 29.8 Å². The van der Waals surface area contributed by atoms with Crippen LogP contribution in [0, 0.1) is 0 Å². The van der Waals surface area contributed by atoms with Gasteiger partial charge in [-0.3, -0.25) is 0 Å². The van der Waals surface area contributed by atoms with E-state index >= 15 is 0 Å². The predicted octanol–water partition coefficient (Wildman–Crippen LogP) is 1.76. The summed E-state index contributed by atoms with van der Waals surface area (Å²) < 4.78 is 5.51. The topological polar surface area (TPSA) is 71.5 Å². The molecule has 2 N–H and O–H groups in total. The summed E-state index contributed by atoms with van der Waals surface area (Å²) in [6.07, 6.45) is 5.17. The van der Waals surface area contributed by atoms with Gasteiger partial charge in [0.1, 0.15) is 5.69 Å². The molecule has 1 unspecified atom stereocenters. The molecule has 92 valence electrons. The van der Waals surface area contributed by atoms with Gasteiger partial charge in [0, 0.05) is 13.2 Å². The summed E-state index contributed by atoms with van der Waals surface area (Å²) in [6, 6.07) is 3.22. The summed E-state index contributed by atoms with van der Waals surface area (Å²) in [7, 11) is 0. The third-order valence-electron chi connectivity index (χ3n) is 2.80. The highest BCUT2D eigenvalue weighted by atomic mass is 16.5. The van der Waals surface area contributed by atoms with Gasteiger partial charge in [0.05, 0.1) is 18.0 Å². The van der Waals surface area contributed by atoms with E-state index in [-0.39, 0.29) is 5.69 Å². The Morgan fingerprint density at radius 1 is 1.59 bits per heavy atom. The lowest BCUT2D eigenvalue weighted by Crippen LogP contribution is -2.12. The zero-order valence-corrected chi connectivity index (χ0v) is 9.56. The second-order valence-corrected chi connectivity index (χ2v) is 4.09. The number of nitrogens with one attached hydrogen (secondary N) is 1. The highest BCUT2D eigenvalue weighted by molar-refractivity contribution is 5.85. The second kappa shape index (κ2) is 5.63. The summed E-state index contributed by atoms with van der Waals surface area (Å²) in [4.78, 5) is 14.4. The first-order valence-electron chi connectivity index (χ1n) is 5.80. The van der Waals surface area contributed by atoms with Gasteiger partial charge in [0.15, 0.2) is 0 Å². The molecule has 2 heterocycles. The zero-order valence-electron chi connectivity index (χ0n) is 9.56. The van der Waals surface area contributed by atoms with Crippen LogP contribution in [0.2, 0.25) is 0 Å². The average Bonchev–Trinajstić information content (AvgIpc) is 2.83. The monoisotopic (exact) mass is 236 g/mol. The number of aromatic nitrogens is 1. The van der Waals surface area contributed by atoms with Gasteiger partial charge in [-0.15, -0.1) is 0 Å². The van der Waals surface area contributed by atoms with E-state index in [0.29, 0.717) is 6.10 Å². The Morgan fingerprint density at radius 3 is 3.06 bits per heavy atom. The van der Waals surface area contributed by atoms with Gasteiger partial charge >= 0.3 is 5.97 Å². The Balaban J connectivity index is 1.76. The van der Waals surface area contributed by atoms with Crippen LogP contribution in [0.15, 0.2) is 18.3 Å². The summed E-state index contributed by atoms with van der Waals surface area (Å²) in [5.41, 5.74) is 0.905. The Bertz CT molecular complexity index is 372. The molecule has 1 fully saturated rings. The molecule has 0 saturated carbocycles. The van der Waals surface area contributed by atoms with Crippen molar-refractivity contribution in [1.82, 2.24) is 4.98 Å². The number of nitrogens with zero attached hydrogens (tertiary/aromatic N) is 1. The van der Waals surface area contributed by atoms with Crippen molar-refractivity contribution in [2.45, 2.75) is 25.4 Å². The molecule has 0 amide bonds. The molecule has 5 heteroatoms. The van der Waals surface area contributed by atoms with E-state index < -0.39 is 5.97 Å². The van der Waals surface area contributed by atoms with Gasteiger partial charge in [-0.1, -0.05) is 0 Å². The van der Waals surface area contributed by atoms with Crippen LogP contribution in [-0.4, -0.2) is 35.3 Å². The maximum atomic E-state index is 10.6. The van der Waals surface area contributed by atoms with E-state index in [1.165, 1.54) is 6.07 Å². The molecule has 1 atom stereocenters. The Kier molecular flexibility index (Phi) is 3.93. The lowest BCUT2D eigenvalue weighted by molar-refractivity contribution is 0.0690. The Hall–Kier alpha value is -1.62. The van der Waals surface area contributed by atoms with Crippen molar-refractivity contribution in [1.29, 1.82) is 0 Å². The third-order valence-corrected chi connectivity index (χ3v) is 2.80. The van der Waals surface area contributed by atoms with Crippen molar-refractivity contribution >= 4 is 11.7 Å². The molecular formula is C12H16N2O3. The van der Waals surface area contributed by atoms with Gasteiger partial charge in [0.25, 0.3) is 0 Å². The number of rotatable bonds is 5. The lowest BCUT2D eigenvalue weighted by atomic mass is 10.2. The maximum Gasteiger partial charge on any atom is 0.354 e.